The number of aliphatic hydroxyl groups excluding tert-OH is 1. The van der Waals surface area contributed by atoms with Gasteiger partial charge in [-0.25, -0.2) is 5.43 Å². The Balaban J connectivity index is 1.37. The molecule has 0 radical (unpaired) electrons. The summed E-state index contributed by atoms with van der Waals surface area (Å²) in [6, 6.07) is 30.5. The van der Waals surface area contributed by atoms with Crippen LogP contribution < -0.4 is 10.2 Å². The first-order chi connectivity index (χ1) is 15.2. The van der Waals surface area contributed by atoms with Crippen molar-refractivity contribution in [3.8, 4) is 5.75 Å². The molecule has 4 aromatic carbocycles. The molecule has 0 bridgehead atoms. The molecule has 2 N–H and O–H groups in total. The molecule has 1 amide bonds. The fraction of sp³-hybridized carbons (Fsp3) is 0.0769. The molecule has 0 aliphatic heterocycles. The van der Waals surface area contributed by atoms with Crippen LogP contribution in [0, 0.1) is 0 Å². The van der Waals surface area contributed by atoms with Crippen LogP contribution in [0.25, 0.3) is 10.8 Å². The number of hydrogen-bond acceptors (Lipinski definition) is 4. The lowest BCUT2D eigenvalue weighted by Crippen LogP contribution is -2.25. The van der Waals surface area contributed by atoms with E-state index < -0.39 is 12.0 Å². The lowest BCUT2D eigenvalue weighted by atomic mass is 10.1. The fourth-order valence-corrected chi connectivity index (χ4v) is 3.28. The quantitative estimate of drug-likeness (QED) is 0.345. The Hall–Kier alpha value is -3.96. The highest BCUT2D eigenvalue weighted by atomic mass is 16.5. The van der Waals surface area contributed by atoms with Crippen LogP contribution in [0.15, 0.2) is 102 Å². The molecule has 0 saturated heterocycles. The largest absolute Gasteiger partial charge is 0.489 e. The van der Waals surface area contributed by atoms with Crippen LogP contribution in [0.2, 0.25) is 0 Å². The van der Waals surface area contributed by atoms with Gasteiger partial charge in [0.2, 0.25) is 0 Å². The highest BCUT2D eigenvalue weighted by Crippen LogP contribution is 2.21. The molecule has 0 spiro atoms. The standard InChI is InChI=1S/C26H22N2O3/c29-25(21-10-2-1-3-11-21)26(30)28-27-17-19-8-6-14-23(16-19)31-18-22-13-7-12-20-9-4-5-15-24(20)22/h1-17,25,29H,18H2,(H,28,30)/b27-17-/t25-/m1/s1. The van der Waals surface area contributed by atoms with E-state index in [1.165, 1.54) is 17.0 Å². The lowest BCUT2D eigenvalue weighted by Gasteiger charge is -2.10. The van der Waals surface area contributed by atoms with Gasteiger partial charge in [-0.3, -0.25) is 4.79 Å². The average molecular weight is 410 g/mol. The van der Waals surface area contributed by atoms with Gasteiger partial charge in [0.1, 0.15) is 12.4 Å². The number of hydrazone groups is 1. The monoisotopic (exact) mass is 410 g/mol. The number of nitrogens with one attached hydrogen (secondary N) is 1. The van der Waals surface area contributed by atoms with Gasteiger partial charge in [0.05, 0.1) is 6.21 Å². The number of fused-ring (bicyclic) bond motifs is 1. The summed E-state index contributed by atoms with van der Waals surface area (Å²) in [5, 5.41) is 16.4. The van der Waals surface area contributed by atoms with Crippen molar-refractivity contribution < 1.29 is 14.6 Å². The van der Waals surface area contributed by atoms with Gasteiger partial charge in [0, 0.05) is 0 Å². The van der Waals surface area contributed by atoms with Gasteiger partial charge in [0.15, 0.2) is 6.10 Å². The van der Waals surface area contributed by atoms with Crippen molar-refractivity contribution in [1.29, 1.82) is 0 Å². The molecule has 1 atom stereocenters. The van der Waals surface area contributed by atoms with Crippen LogP contribution in [0.5, 0.6) is 5.75 Å². The topological polar surface area (TPSA) is 70.9 Å². The van der Waals surface area contributed by atoms with Crippen LogP contribution in [-0.2, 0) is 11.4 Å². The summed E-state index contributed by atoms with van der Waals surface area (Å²) >= 11 is 0. The van der Waals surface area contributed by atoms with Gasteiger partial charge < -0.3 is 9.84 Å². The minimum atomic E-state index is -1.27. The summed E-state index contributed by atoms with van der Waals surface area (Å²) < 4.78 is 5.98. The van der Waals surface area contributed by atoms with E-state index in [0.717, 1.165) is 11.1 Å². The molecule has 0 unspecified atom stereocenters. The molecule has 5 heteroatoms. The van der Waals surface area contributed by atoms with E-state index in [9.17, 15) is 9.90 Å². The number of ether oxygens (including phenoxy) is 1. The van der Waals surface area contributed by atoms with Crippen LogP contribution in [-0.4, -0.2) is 17.2 Å². The summed E-state index contributed by atoms with van der Waals surface area (Å²) in [6.07, 6.45) is 0.245. The van der Waals surface area contributed by atoms with Crippen molar-refractivity contribution in [2.24, 2.45) is 5.10 Å². The van der Waals surface area contributed by atoms with Gasteiger partial charge in [-0.2, -0.15) is 5.10 Å². The second-order valence-corrected chi connectivity index (χ2v) is 7.05. The number of aliphatic hydroxyl groups is 1. The Morgan fingerprint density at radius 2 is 1.68 bits per heavy atom. The highest BCUT2D eigenvalue weighted by molar-refractivity contribution is 5.86. The fourth-order valence-electron chi connectivity index (χ4n) is 3.28. The molecular weight excluding hydrogens is 388 g/mol. The lowest BCUT2D eigenvalue weighted by molar-refractivity contribution is -0.129. The van der Waals surface area contributed by atoms with Crippen molar-refractivity contribution in [2.75, 3.05) is 0 Å². The number of carbonyl (C=O) groups is 1. The first-order valence-electron chi connectivity index (χ1n) is 9.96. The second-order valence-electron chi connectivity index (χ2n) is 7.05. The molecule has 4 rings (SSSR count). The number of amides is 1. The van der Waals surface area contributed by atoms with Gasteiger partial charge in [-0.15, -0.1) is 0 Å². The Morgan fingerprint density at radius 3 is 2.55 bits per heavy atom. The van der Waals surface area contributed by atoms with Crippen molar-refractivity contribution in [2.45, 2.75) is 12.7 Å². The molecule has 4 aromatic rings. The van der Waals surface area contributed by atoms with E-state index in [-0.39, 0.29) is 0 Å². The molecule has 154 valence electrons. The van der Waals surface area contributed by atoms with Crippen molar-refractivity contribution in [3.05, 3.63) is 114 Å². The van der Waals surface area contributed by atoms with Crippen LogP contribution in [0.4, 0.5) is 0 Å². The van der Waals surface area contributed by atoms with Gasteiger partial charge in [-0.05, 0) is 39.6 Å². The third-order valence-electron chi connectivity index (χ3n) is 4.88. The van der Waals surface area contributed by atoms with E-state index in [0.29, 0.717) is 17.9 Å². The maximum atomic E-state index is 12.1. The van der Waals surface area contributed by atoms with Crippen molar-refractivity contribution in [3.63, 3.8) is 0 Å². The van der Waals surface area contributed by atoms with Crippen LogP contribution in [0.1, 0.15) is 22.8 Å². The molecule has 0 saturated carbocycles. The predicted molar refractivity (Wildman–Crippen MR) is 122 cm³/mol. The molecular formula is C26H22N2O3. The minimum absolute atomic E-state index is 0.446. The number of hydrogen-bond donors (Lipinski definition) is 2. The Kier molecular flexibility index (Phi) is 6.35. The summed E-state index contributed by atoms with van der Waals surface area (Å²) in [7, 11) is 0. The normalized spacial score (nSPS) is 12.0. The third kappa shape index (κ3) is 5.15. The first kappa shape index (κ1) is 20.3. The van der Waals surface area contributed by atoms with Crippen molar-refractivity contribution in [1.82, 2.24) is 5.43 Å². The molecule has 0 aliphatic carbocycles. The molecule has 5 nitrogen and oxygen atoms in total. The number of benzene rings is 4. The summed E-state index contributed by atoms with van der Waals surface area (Å²) in [6.45, 7) is 0.446. The molecule has 0 aromatic heterocycles. The zero-order valence-corrected chi connectivity index (χ0v) is 16.8. The first-order valence-corrected chi connectivity index (χ1v) is 9.96. The number of nitrogens with zero attached hydrogens (tertiary/aromatic N) is 1. The smallest absolute Gasteiger partial charge is 0.273 e. The van der Waals surface area contributed by atoms with E-state index in [1.54, 1.807) is 24.3 Å². The van der Waals surface area contributed by atoms with E-state index in [1.807, 2.05) is 48.5 Å². The maximum Gasteiger partial charge on any atom is 0.273 e. The Bertz CT molecular complexity index is 1200. The summed E-state index contributed by atoms with van der Waals surface area (Å²) in [5.41, 5.74) is 4.76. The Morgan fingerprint density at radius 1 is 0.935 bits per heavy atom. The predicted octanol–water partition coefficient (Wildman–Crippen LogP) is 4.60. The number of rotatable bonds is 7. The van der Waals surface area contributed by atoms with Crippen molar-refractivity contribution >= 4 is 22.9 Å². The van der Waals surface area contributed by atoms with Gasteiger partial charge in [0.25, 0.3) is 5.91 Å². The molecule has 0 heterocycles. The summed E-state index contributed by atoms with van der Waals surface area (Å²) in [4.78, 5) is 12.1. The Labute approximate surface area is 180 Å². The SMILES string of the molecule is O=C(N/N=C\c1cccc(OCc2cccc3ccccc23)c1)[C@H](O)c1ccccc1. The molecule has 0 aliphatic rings. The van der Waals surface area contributed by atoms with Gasteiger partial charge >= 0.3 is 0 Å². The molecule has 0 fully saturated rings. The zero-order chi connectivity index (χ0) is 21.5. The highest BCUT2D eigenvalue weighted by Gasteiger charge is 2.15. The summed E-state index contributed by atoms with van der Waals surface area (Å²) in [5.74, 6) is 0.110. The van der Waals surface area contributed by atoms with Crippen LogP contribution >= 0.6 is 0 Å². The van der Waals surface area contributed by atoms with Crippen LogP contribution in [0.3, 0.4) is 0 Å². The molecule has 31 heavy (non-hydrogen) atoms. The maximum absolute atomic E-state index is 12.1. The van der Waals surface area contributed by atoms with E-state index >= 15 is 0 Å². The average Bonchev–Trinajstić information content (AvgIpc) is 2.83. The third-order valence-corrected chi connectivity index (χ3v) is 4.88. The minimum Gasteiger partial charge on any atom is -0.489 e. The van der Waals surface area contributed by atoms with Gasteiger partial charge in [-0.1, -0.05) is 84.9 Å². The zero-order valence-electron chi connectivity index (χ0n) is 16.8. The second kappa shape index (κ2) is 9.69. The number of carbonyl (C=O) groups excluding carboxylic acids is 1. The van der Waals surface area contributed by atoms with E-state index in [4.69, 9.17) is 4.74 Å². The van der Waals surface area contributed by atoms with E-state index in [2.05, 4.69) is 34.8 Å².